The first-order valence-electron chi connectivity index (χ1n) is 7.60. The summed E-state index contributed by atoms with van der Waals surface area (Å²) in [6.07, 6.45) is 1.54. The van der Waals surface area contributed by atoms with Crippen LogP contribution in [0.2, 0.25) is 0 Å². The van der Waals surface area contributed by atoms with E-state index in [1.54, 1.807) is 17.0 Å². The van der Waals surface area contributed by atoms with Gasteiger partial charge in [-0.3, -0.25) is 14.4 Å². The van der Waals surface area contributed by atoms with Crippen molar-refractivity contribution in [1.82, 2.24) is 15.4 Å². The summed E-state index contributed by atoms with van der Waals surface area (Å²) in [5.41, 5.74) is 0. The van der Waals surface area contributed by atoms with Gasteiger partial charge in [-0.2, -0.15) is 0 Å². The molecule has 1 saturated heterocycles. The molecule has 10 heteroatoms. The van der Waals surface area contributed by atoms with Crippen molar-refractivity contribution < 1.29 is 24.0 Å². The molecule has 0 atom stereocenters. The van der Waals surface area contributed by atoms with Gasteiger partial charge in [0.15, 0.2) is 0 Å². The molecule has 0 unspecified atom stereocenters. The number of hydrogen-bond acceptors (Lipinski definition) is 8. The van der Waals surface area contributed by atoms with Gasteiger partial charge in [0.1, 0.15) is 5.03 Å². The fourth-order valence-electron chi connectivity index (χ4n) is 1.84. The third-order valence-corrected chi connectivity index (χ3v) is 5.31. The monoisotopic (exact) mass is 383 g/mol. The van der Waals surface area contributed by atoms with Crippen LogP contribution in [0.5, 0.6) is 0 Å². The Hall–Kier alpha value is -2.07. The van der Waals surface area contributed by atoms with Crippen LogP contribution in [-0.4, -0.2) is 46.0 Å². The lowest BCUT2D eigenvalue weighted by Gasteiger charge is -2.12. The van der Waals surface area contributed by atoms with Crippen molar-refractivity contribution >= 4 is 45.3 Å². The van der Waals surface area contributed by atoms with Crippen molar-refractivity contribution in [3.05, 3.63) is 24.4 Å². The minimum atomic E-state index is -0.779. The third kappa shape index (κ3) is 6.75. The quantitative estimate of drug-likeness (QED) is 0.387. The van der Waals surface area contributed by atoms with Crippen LogP contribution in [0.4, 0.5) is 0 Å². The van der Waals surface area contributed by atoms with Gasteiger partial charge in [0.25, 0.3) is 11.8 Å². The number of aromatic nitrogens is 1. The largest absolute Gasteiger partial charge is 0.355 e. The number of nitrogens with one attached hydrogen (secondary N) is 1. The standard InChI is InChI=1S/C15H17N3O5S2/c19-11(16-9-10-24-25-12-3-1-2-8-17-12)4-7-15(22)23-18-13(20)5-6-14(18)21/h1-3,8H,4-7,9-10H2,(H,16,19). The molecule has 0 saturated carbocycles. The van der Waals surface area contributed by atoms with Gasteiger partial charge >= 0.3 is 5.97 Å². The number of imide groups is 1. The first-order chi connectivity index (χ1) is 12.1. The molecule has 25 heavy (non-hydrogen) atoms. The zero-order chi connectivity index (χ0) is 18.1. The van der Waals surface area contributed by atoms with E-state index in [1.807, 2.05) is 18.2 Å². The summed E-state index contributed by atoms with van der Waals surface area (Å²) in [5, 5.41) is 4.06. The Balaban J connectivity index is 1.54. The predicted octanol–water partition coefficient (Wildman–Crippen LogP) is 1.33. The molecule has 0 radical (unpaired) electrons. The van der Waals surface area contributed by atoms with Gasteiger partial charge in [0, 0.05) is 37.8 Å². The summed E-state index contributed by atoms with van der Waals surface area (Å²) in [6, 6.07) is 5.65. The Morgan fingerprint density at radius 2 is 1.96 bits per heavy atom. The second-order valence-electron chi connectivity index (χ2n) is 4.97. The first-order valence-corrected chi connectivity index (χ1v) is 9.92. The predicted molar refractivity (Wildman–Crippen MR) is 92.0 cm³/mol. The number of carbonyl (C=O) groups excluding carboxylic acids is 4. The Bertz CT molecular complexity index is 625. The van der Waals surface area contributed by atoms with E-state index in [2.05, 4.69) is 15.1 Å². The van der Waals surface area contributed by atoms with E-state index >= 15 is 0 Å². The molecule has 1 aliphatic rings. The number of hydrogen-bond donors (Lipinski definition) is 1. The zero-order valence-corrected chi connectivity index (χ0v) is 14.9. The van der Waals surface area contributed by atoms with Crippen molar-refractivity contribution in [2.75, 3.05) is 12.3 Å². The van der Waals surface area contributed by atoms with Gasteiger partial charge in [-0.25, -0.2) is 9.78 Å². The summed E-state index contributed by atoms with van der Waals surface area (Å²) in [4.78, 5) is 54.7. The summed E-state index contributed by atoms with van der Waals surface area (Å²) < 4.78 is 0. The highest BCUT2D eigenvalue weighted by Crippen LogP contribution is 2.28. The van der Waals surface area contributed by atoms with Crippen LogP contribution in [0.25, 0.3) is 0 Å². The van der Waals surface area contributed by atoms with E-state index in [9.17, 15) is 19.2 Å². The molecule has 2 heterocycles. The van der Waals surface area contributed by atoms with Crippen LogP contribution < -0.4 is 5.32 Å². The molecular weight excluding hydrogens is 366 g/mol. The Kier molecular flexibility index (Phi) is 7.74. The number of amides is 3. The summed E-state index contributed by atoms with van der Waals surface area (Å²) in [6.45, 7) is 0.460. The zero-order valence-electron chi connectivity index (χ0n) is 13.3. The van der Waals surface area contributed by atoms with E-state index in [1.165, 1.54) is 10.8 Å². The highest BCUT2D eigenvalue weighted by atomic mass is 33.1. The van der Waals surface area contributed by atoms with Crippen LogP contribution in [-0.2, 0) is 24.0 Å². The number of pyridine rings is 1. The maximum atomic E-state index is 11.7. The number of rotatable bonds is 9. The van der Waals surface area contributed by atoms with Gasteiger partial charge in [-0.05, 0) is 22.9 Å². The maximum absolute atomic E-state index is 11.7. The van der Waals surface area contributed by atoms with Gasteiger partial charge in [-0.15, -0.1) is 5.06 Å². The highest BCUT2D eigenvalue weighted by molar-refractivity contribution is 8.76. The van der Waals surface area contributed by atoms with Crippen molar-refractivity contribution in [1.29, 1.82) is 0 Å². The second-order valence-corrected chi connectivity index (χ2v) is 7.40. The van der Waals surface area contributed by atoms with Crippen molar-refractivity contribution in [3.63, 3.8) is 0 Å². The lowest BCUT2D eigenvalue weighted by atomic mass is 10.3. The number of hydroxylamine groups is 2. The average molecular weight is 383 g/mol. The molecule has 134 valence electrons. The van der Waals surface area contributed by atoms with Crippen LogP contribution in [0.3, 0.4) is 0 Å². The summed E-state index contributed by atoms with van der Waals surface area (Å²) in [7, 11) is 3.08. The van der Waals surface area contributed by atoms with Gasteiger partial charge < -0.3 is 10.2 Å². The Morgan fingerprint density at radius 1 is 1.20 bits per heavy atom. The van der Waals surface area contributed by atoms with Crippen LogP contribution in [0.15, 0.2) is 29.4 Å². The molecular formula is C15H17N3O5S2. The molecule has 0 aromatic carbocycles. The van der Waals surface area contributed by atoms with Crippen molar-refractivity contribution in [3.8, 4) is 0 Å². The van der Waals surface area contributed by atoms with E-state index in [0.29, 0.717) is 17.4 Å². The molecule has 2 rings (SSSR count). The summed E-state index contributed by atoms with van der Waals surface area (Å²) >= 11 is 0. The third-order valence-electron chi connectivity index (χ3n) is 3.04. The van der Waals surface area contributed by atoms with E-state index in [0.717, 1.165) is 5.03 Å². The molecule has 1 aromatic heterocycles. The highest BCUT2D eigenvalue weighted by Gasteiger charge is 2.32. The number of nitrogens with zero attached hydrogens (tertiary/aromatic N) is 2. The lowest BCUT2D eigenvalue weighted by molar-refractivity contribution is -0.197. The normalized spacial score (nSPS) is 13.8. The molecule has 0 spiro atoms. The van der Waals surface area contributed by atoms with Crippen molar-refractivity contribution in [2.45, 2.75) is 30.7 Å². The maximum Gasteiger partial charge on any atom is 0.333 e. The first kappa shape index (κ1) is 19.3. The molecule has 8 nitrogen and oxygen atoms in total. The van der Waals surface area contributed by atoms with E-state index in [4.69, 9.17) is 0 Å². The van der Waals surface area contributed by atoms with Gasteiger partial charge in [0.05, 0.1) is 6.42 Å². The van der Waals surface area contributed by atoms with Crippen LogP contribution in [0, 0.1) is 0 Å². The molecule has 0 aliphatic carbocycles. The topological polar surface area (TPSA) is 106 Å². The van der Waals surface area contributed by atoms with Gasteiger partial charge in [-0.1, -0.05) is 16.9 Å². The Labute approximate surface area is 152 Å². The minimum absolute atomic E-state index is 0.0424. The lowest BCUT2D eigenvalue weighted by Crippen LogP contribution is -2.32. The molecule has 1 aliphatic heterocycles. The Morgan fingerprint density at radius 3 is 2.64 bits per heavy atom. The summed E-state index contributed by atoms with van der Waals surface area (Å²) in [5.74, 6) is -1.46. The number of carbonyl (C=O) groups is 4. The molecule has 1 aromatic rings. The average Bonchev–Trinajstić information content (AvgIpc) is 2.92. The molecule has 3 amide bonds. The van der Waals surface area contributed by atoms with E-state index < -0.39 is 17.8 Å². The van der Waals surface area contributed by atoms with E-state index in [-0.39, 0.29) is 31.6 Å². The smallest absolute Gasteiger partial charge is 0.333 e. The fourth-order valence-corrected chi connectivity index (χ4v) is 3.63. The SMILES string of the molecule is O=C(CCC(=O)ON1C(=O)CCC1=O)NCCSSc1ccccn1. The van der Waals surface area contributed by atoms with Gasteiger partial charge in [0.2, 0.25) is 5.91 Å². The molecule has 1 N–H and O–H groups in total. The van der Waals surface area contributed by atoms with Crippen LogP contribution in [0.1, 0.15) is 25.7 Å². The minimum Gasteiger partial charge on any atom is -0.355 e. The fraction of sp³-hybridized carbons (Fsp3) is 0.400. The van der Waals surface area contributed by atoms with Crippen molar-refractivity contribution in [2.24, 2.45) is 0 Å². The van der Waals surface area contributed by atoms with Crippen LogP contribution >= 0.6 is 21.6 Å². The molecule has 1 fully saturated rings. The molecule has 0 bridgehead atoms. The second kappa shape index (κ2) is 10.0.